The lowest BCUT2D eigenvalue weighted by molar-refractivity contribution is -0.149. The summed E-state index contributed by atoms with van der Waals surface area (Å²) in [6.45, 7) is 0.168. The van der Waals surface area contributed by atoms with Gasteiger partial charge in [-0.2, -0.15) is 12.6 Å². The Morgan fingerprint density at radius 1 is 0.742 bits per heavy atom. The van der Waals surface area contributed by atoms with Crippen LogP contribution >= 0.6 is 12.6 Å². The molecule has 3 rings (SSSR count). The molecule has 31 heavy (non-hydrogen) atoms. The Labute approximate surface area is 189 Å². The van der Waals surface area contributed by atoms with E-state index in [4.69, 9.17) is 4.74 Å². The van der Waals surface area contributed by atoms with Crippen LogP contribution in [0.2, 0.25) is 0 Å². The fourth-order valence-corrected chi connectivity index (χ4v) is 3.60. The van der Waals surface area contributed by atoms with Gasteiger partial charge in [0.25, 0.3) is 0 Å². The highest BCUT2D eigenvalue weighted by Crippen LogP contribution is 2.13. The van der Waals surface area contributed by atoms with E-state index in [9.17, 15) is 9.59 Å². The number of nitrogens with one attached hydrogen (secondary N) is 1. The van der Waals surface area contributed by atoms with Gasteiger partial charge in [0.1, 0.15) is 12.6 Å². The van der Waals surface area contributed by atoms with Gasteiger partial charge in [0, 0.05) is 12.2 Å². The lowest BCUT2D eigenvalue weighted by Crippen LogP contribution is -2.46. The molecule has 1 N–H and O–H groups in total. The Morgan fingerprint density at radius 3 is 1.74 bits per heavy atom. The summed E-state index contributed by atoms with van der Waals surface area (Å²) in [6.07, 6.45) is 0.929. The van der Waals surface area contributed by atoms with Crippen molar-refractivity contribution in [3.05, 3.63) is 108 Å². The fourth-order valence-electron chi connectivity index (χ4n) is 3.30. The van der Waals surface area contributed by atoms with E-state index in [0.717, 1.165) is 16.7 Å². The molecule has 1 unspecified atom stereocenters. The monoisotopic (exact) mass is 433 g/mol. The molecular formula is C26H27NO3S. The summed E-state index contributed by atoms with van der Waals surface area (Å²) in [7, 11) is 0. The molecule has 5 heteroatoms. The zero-order chi connectivity index (χ0) is 21.9. The number of thiol groups is 1. The SMILES string of the molecule is O=C(N[C@@H](Cc1ccccc1)C(=O)OCc1ccccc1)C(CS)Cc1ccccc1. The number of hydrogen-bond donors (Lipinski definition) is 2. The van der Waals surface area contributed by atoms with Crippen LogP contribution < -0.4 is 5.32 Å². The molecule has 1 amide bonds. The van der Waals surface area contributed by atoms with Gasteiger partial charge in [0.2, 0.25) is 5.91 Å². The molecule has 0 aliphatic rings. The van der Waals surface area contributed by atoms with Crippen LogP contribution in [0.5, 0.6) is 0 Å². The van der Waals surface area contributed by atoms with Gasteiger partial charge in [-0.3, -0.25) is 4.79 Å². The predicted octanol–water partition coefficient (Wildman–Crippen LogP) is 4.25. The second-order valence-corrected chi connectivity index (χ2v) is 7.78. The Balaban J connectivity index is 1.68. The molecule has 3 aromatic carbocycles. The first kappa shape index (κ1) is 22.6. The molecule has 0 heterocycles. The summed E-state index contributed by atoms with van der Waals surface area (Å²) in [5, 5.41) is 2.91. The highest BCUT2D eigenvalue weighted by Gasteiger charge is 2.26. The van der Waals surface area contributed by atoms with E-state index in [-0.39, 0.29) is 18.4 Å². The van der Waals surface area contributed by atoms with Gasteiger partial charge in [0.05, 0.1) is 5.92 Å². The van der Waals surface area contributed by atoms with Gasteiger partial charge in [-0.15, -0.1) is 0 Å². The molecule has 2 atom stereocenters. The van der Waals surface area contributed by atoms with Crippen LogP contribution in [-0.2, 0) is 33.8 Å². The van der Waals surface area contributed by atoms with Gasteiger partial charge in [-0.05, 0) is 23.1 Å². The molecule has 0 radical (unpaired) electrons. The normalized spacial score (nSPS) is 12.5. The summed E-state index contributed by atoms with van der Waals surface area (Å²) < 4.78 is 5.52. The summed E-state index contributed by atoms with van der Waals surface area (Å²) in [6, 6.07) is 28.1. The molecule has 0 saturated heterocycles. The minimum atomic E-state index is -0.767. The molecule has 160 valence electrons. The first-order valence-electron chi connectivity index (χ1n) is 10.4. The minimum absolute atomic E-state index is 0.168. The van der Waals surface area contributed by atoms with Crippen LogP contribution in [0, 0.1) is 5.92 Å². The molecule has 0 fully saturated rings. The Hall–Kier alpha value is -3.05. The average molecular weight is 434 g/mol. The number of carbonyl (C=O) groups is 2. The van der Waals surface area contributed by atoms with Crippen LogP contribution in [0.4, 0.5) is 0 Å². The largest absolute Gasteiger partial charge is 0.459 e. The molecule has 4 nitrogen and oxygen atoms in total. The molecule has 0 aliphatic heterocycles. The number of rotatable bonds is 10. The highest BCUT2D eigenvalue weighted by atomic mass is 32.1. The summed E-state index contributed by atoms with van der Waals surface area (Å²) in [4.78, 5) is 25.9. The quantitative estimate of drug-likeness (QED) is 0.371. The van der Waals surface area contributed by atoms with Crippen molar-refractivity contribution >= 4 is 24.5 Å². The number of carbonyl (C=O) groups excluding carboxylic acids is 2. The first-order valence-corrected chi connectivity index (χ1v) is 11.0. The van der Waals surface area contributed by atoms with E-state index in [1.807, 2.05) is 91.0 Å². The Kier molecular flexibility index (Phi) is 8.73. The van der Waals surface area contributed by atoms with Gasteiger partial charge >= 0.3 is 5.97 Å². The van der Waals surface area contributed by atoms with Crippen molar-refractivity contribution < 1.29 is 14.3 Å². The van der Waals surface area contributed by atoms with E-state index in [2.05, 4.69) is 17.9 Å². The maximum atomic E-state index is 13.0. The third-order valence-electron chi connectivity index (χ3n) is 5.02. The second-order valence-electron chi connectivity index (χ2n) is 7.41. The van der Waals surface area contributed by atoms with Crippen molar-refractivity contribution in [2.24, 2.45) is 5.92 Å². The van der Waals surface area contributed by atoms with E-state index in [1.54, 1.807) is 0 Å². The van der Waals surface area contributed by atoms with E-state index < -0.39 is 12.0 Å². The average Bonchev–Trinajstić information content (AvgIpc) is 2.82. The topological polar surface area (TPSA) is 55.4 Å². The molecule has 0 spiro atoms. The lowest BCUT2D eigenvalue weighted by atomic mass is 9.99. The molecule has 3 aromatic rings. The number of ether oxygens (including phenoxy) is 1. The third-order valence-corrected chi connectivity index (χ3v) is 5.46. The number of benzene rings is 3. The Morgan fingerprint density at radius 2 is 1.23 bits per heavy atom. The van der Waals surface area contributed by atoms with Gasteiger partial charge in [0.15, 0.2) is 0 Å². The van der Waals surface area contributed by atoms with E-state index in [0.29, 0.717) is 18.6 Å². The van der Waals surface area contributed by atoms with Crippen LogP contribution in [0.1, 0.15) is 16.7 Å². The van der Waals surface area contributed by atoms with Crippen molar-refractivity contribution in [2.45, 2.75) is 25.5 Å². The fraction of sp³-hybridized carbons (Fsp3) is 0.231. The van der Waals surface area contributed by atoms with E-state index in [1.165, 1.54) is 0 Å². The minimum Gasteiger partial charge on any atom is -0.459 e. The molecule has 0 aliphatic carbocycles. The van der Waals surface area contributed by atoms with Crippen LogP contribution in [0.15, 0.2) is 91.0 Å². The van der Waals surface area contributed by atoms with E-state index >= 15 is 0 Å². The smallest absolute Gasteiger partial charge is 0.329 e. The Bertz CT molecular complexity index is 948. The zero-order valence-electron chi connectivity index (χ0n) is 17.3. The number of hydrogen-bond acceptors (Lipinski definition) is 4. The van der Waals surface area contributed by atoms with Crippen molar-refractivity contribution in [3.8, 4) is 0 Å². The van der Waals surface area contributed by atoms with Crippen LogP contribution in [-0.4, -0.2) is 23.7 Å². The van der Waals surface area contributed by atoms with Crippen molar-refractivity contribution in [1.29, 1.82) is 0 Å². The van der Waals surface area contributed by atoms with Crippen LogP contribution in [0.3, 0.4) is 0 Å². The summed E-state index contributed by atoms with van der Waals surface area (Å²) in [5.41, 5.74) is 2.91. The maximum absolute atomic E-state index is 13.0. The standard InChI is InChI=1S/C26H27NO3S/c28-25(23(19-31)16-20-10-4-1-5-11-20)27-24(17-21-12-6-2-7-13-21)26(29)30-18-22-14-8-3-9-15-22/h1-15,23-24,31H,16-19H2,(H,27,28)/t23?,24-/m0/s1. The van der Waals surface area contributed by atoms with Crippen molar-refractivity contribution in [1.82, 2.24) is 5.32 Å². The van der Waals surface area contributed by atoms with Gasteiger partial charge in [-0.1, -0.05) is 91.0 Å². The highest BCUT2D eigenvalue weighted by molar-refractivity contribution is 7.80. The van der Waals surface area contributed by atoms with Gasteiger partial charge < -0.3 is 10.1 Å². The van der Waals surface area contributed by atoms with Crippen LogP contribution in [0.25, 0.3) is 0 Å². The summed E-state index contributed by atoms with van der Waals surface area (Å²) in [5.74, 6) is -0.598. The summed E-state index contributed by atoms with van der Waals surface area (Å²) >= 11 is 4.37. The second kappa shape index (κ2) is 12.0. The van der Waals surface area contributed by atoms with Crippen molar-refractivity contribution in [3.63, 3.8) is 0 Å². The van der Waals surface area contributed by atoms with Crippen molar-refractivity contribution in [2.75, 3.05) is 5.75 Å². The number of esters is 1. The molecule has 0 bridgehead atoms. The third kappa shape index (κ3) is 7.30. The molecular weight excluding hydrogens is 406 g/mol. The number of amides is 1. The zero-order valence-corrected chi connectivity index (χ0v) is 18.2. The molecule has 0 saturated carbocycles. The lowest BCUT2D eigenvalue weighted by Gasteiger charge is -2.21. The predicted molar refractivity (Wildman–Crippen MR) is 126 cm³/mol. The first-order chi connectivity index (χ1) is 15.2. The molecule has 0 aromatic heterocycles. The van der Waals surface area contributed by atoms with Gasteiger partial charge in [-0.25, -0.2) is 4.79 Å². The maximum Gasteiger partial charge on any atom is 0.329 e.